The Balaban J connectivity index is 1.36. The molecule has 7 heteroatoms. The van der Waals surface area contributed by atoms with E-state index in [0.29, 0.717) is 5.92 Å². The van der Waals surface area contributed by atoms with E-state index in [1.807, 2.05) is 17.8 Å². The second-order valence-corrected chi connectivity index (χ2v) is 7.37. The third-order valence-electron chi connectivity index (χ3n) is 4.53. The van der Waals surface area contributed by atoms with Gasteiger partial charge < -0.3 is 4.98 Å². The lowest BCUT2D eigenvalue weighted by molar-refractivity contribution is 0.150. The molecule has 126 valence electrons. The van der Waals surface area contributed by atoms with Gasteiger partial charge in [-0.15, -0.1) is 5.10 Å². The summed E-state index contributed by atoms with van der Waals surface area (Å²) in [6.07, 6.45) is 6.45. The summed E-state index contributed by atoms with van der Waals surface area (Å²) in [5.41, 5.74) is 3.25. The fraction of sp³-hybridized carbons (Fsp3) is 0.471. The van der Waals surface area contributed by atoms with Gasteiger partial charge in [0.25, 0.3) is 0 Å². The van der Waals surface area contributed by atoms with Crippen LogP contribution in [0.3, 0.4) is 0 Å². The monoisotopic (exact) mass is 342 g/mol. The van der Waals surface area contributed by atoms with Gasteiger partial charge in [-0.3, -0.25) is 9.58 Å². The van der Waals surface area contributed by atoms with Crippen molar-refractivity contribution in [3.05, 3.63) is 40.7 Å². The van der Waals surface area contributed by atoms with Crippen LogP contribution >= 0.6 is 11.3 Å². The molecule has 1 aliphatic rings. The molecule has 1 saturated heterocycles. The Hall–Kier alpha value is -1.99. The molecule has 1 atom stereocenters. The maximum Gasteiger partial charge on any atom is 0.120 e. The van der Waals surface area contributed by atoms with Crippen LogP contribution in [0.5, 0.6) is 0 Å². The Labute approximate surface area is 145 Å². The minimum absolute atomic E-state index is 0.617. The molecular formula is C17H22N6S. The zero-order chi connectivity index (χ0) is 16.4. The van der Waals surface area contributed by atoms with Crippen LogP contribution in [0, 0.1) is 12.8 Å². The number of hydrogen-bond acceptors (Lipinski definition) is 5. The van der Waals surface area contributed by atoms with Gasteiger partial charge in [0, 0.05) is 35.9 Å². The number of aromatic amines is 1. The molecule has 0 spiro atoms. The molecule has 1 fully saturated rings. The first kappa shape index (κ1) is 15.5. The van der Waals surface area contributed by atoms with Crippen LogP contribution in [0.2, 0.25) is 0 Å². The first-order valence-electron chi connectivity index (χ1n) is 8.42. The van der Waals surface area contributed by atoms with Crippen LogP contribution in [-0.4, -0.2) is 43.0 Å². The number of hydrogen-bond donors (Lipinski definition) is 1. The molecule has 0 saturated carbocycles. The van der Waals surface area contributed by atoms with Gasteiger partial charge in [0.15, 0.2) is 0 Å². The molecule has 1 unspecified atom stereocenters. The van der Waals surface area contributed by atoms with E-state index in [0.717, 1.165) is 49.0 Å². The fourth-order valence-corrected chi connectivity index (χ4v) is 4.05. The molecule has 0 aromatic carbocycles. The smallest absolute Gasteiger partial charge is 0.120 e. The maximum atomic E-state index is 4.43. The molecule has 1 aliphatic heterocycles. The third kappa shape index (κ3) is 3.57. The molecule has 3 aromatic rings. The summed E-state index contributed by atoms with van der Waals surface area (Å²) in [6.45, 7) is 6.12. The van der Waals surface area contributed by atoms with Crippen molar-refractivity contribution in [1.29, 1.82) is 0 Å². The lowest BCUT2D eigenvalue weighted by atomic mass is 9.98. The standard InChI is InChI=1S/C17H22N6S/c1-13-7-18-17(19-13)11-22-5-2-3-14(8-22)9-23-10-16(20-21-23)15-4-6-24-12-15/h4,6-7,10,12,14H,2-3,5,8-9,11H2,1H3,(H,18,19). The van der Waals surface area contributed by atoms with E-state index < -0.39 is 0 Å². The Kier molecular flexibility index (Phi) is 4.44. The predicted octanol–water partition coefficient (Wildman–Crippen LogP) is 2.95. The SMILES string of the molecule is Cc1cnc(CN2CCCC(Cn3cc(-c4ccsc4)nn3)C2)[nH]1. The largest absolute Gasteiger partial charge is 0.345 e. The lowest BCUT2D eigenvalue weighted by Gasteiger charge is -2.31. The summed E-state index contributed by atoms with van der Waals surface area (Å²) < 4.78 is 2.00. The minimum atomic E-state index is 0.617. The van der Waals surface area contributed by atoms with Crippen molar-refractivity contribution in [3.8, 4) is 11.3 Å². The van der Waals surface area contributed by atoms with Crippen molar-refractivity contribution in [2.45, 2.75) is 32.9 Å². The summed E-state index contributed by atoms with van der Waals surface area (Å²) in [5.74, 6) is 1.68. The molecule has 0 radical (unpaired) electrons. The Bertz CT molecular complexity index is 775. The van der Waals surface area contributed by atoms with Crippen LogP contribution in [0.25, 0.3) is 11.3 Å². The van der Waals surface area contributed by atoms with Gasteiger partial charge in [-0.1, -0.05) is 5.21 Å². The zero-order valence-electron chi connectivity index (χ0n) is 13.9. The Morgan fingerprint density at radius 2 is 2.38 bits per heavy atom. The van der Waals surface area contributed by atoms with E-state index in [-0.39, 0.29) is 0 Å². The normalized spacial score (nSPS) is 19.0. The molecule has 1 N–H and O–H groups in total. The molecule has 3 aromatic heterocycles. The molecule has 0 bridgehead atoms. The summed E-state index contributed by atoms with van der Waals surface area (Å²) in [6, 6.07) is 2.09. The van der Waals surface area contributed by atoms with Crippen LogP contribution in [0.1, 0.15) is 24.4 Å². The number of likely N-dealkylation sites (tertiary alicyclic amines) is 1. The van der Waals surface area contributed by atoms with Gasteiger partial charge in [0.05, 0.1) is 12.7 Å². The molecule has 24 heavy (non-hydrogen) atoms. The van der Waals surface area contributed by atoms with E-state index in [1.54, 1.807) is 11.3 Å². The van der Waals surface area contributed by atoms with Gasteiger partial charge >= 0.3 is 0 Å². The average Bonchev–Trinajstić information content (AvgIpc) is 3.29. The van der Waals surface area contributed by atoms with Crippen molar-refractivity contribution in [2.75, 3.05) is 13.1 Å². The number of nitrogens with one attached hydrogen (secondary N) is 1. The highest BCUT2D eigenvalue weighted by molar-refractivity contribution is 7.08. The quantitative estimate of drug-likeness (QED) is 0.774. The number of aromatic nitrogens is 5. The predicted molar refractivity (Wildman–Crippen MR) is 94.7 cm³/mol. The highest BCUT2D eigenvalue weighted by Crippen LogP contribution is 2.22. The van der Waals surface area contributed by atoms with Crippen LogP contribution < -0.4 is 0 Å². The summed E-state index contributed by atoms with van der Waals surface area (Å²) in [5, 5.41) is 12.8. The van der Waals surface area contributed by atoms with Crippen molar-refractivity contribution in [1.82, 2.24) is 29.9 Å². The van der Waals surface area contributed by atoms with Crippen LogP contribution in [-0.2, 0) is 13.1 Å². The van der Waals surface area contributed by atoms with E-state index in [1.165, 1.54) is 12.8 Å². The summed E-state index contributed by atoms with van der Waals surface area (Å²) in [7, 11) is 0. The molecule has 4 rings (SSSR count). The van der Waals surface area contributed by atoms with E-state index in [2.05, 4.69) is 48.2 Å². The van der Waals surface area contributed by atoms with E-state index in [4.69, 9.17) is 0 Å². The molecule has 0 amide bonds. The second kappa shape index (κ2) is 6.86. The number of rotatable bonds is 5. The minimum Gasteiger partial charge on any atom is -0.345 e. The highest BCUT2D eigenvalue weighted by atomic mass is 32.1. The van der Waals surface area contributed by atoms with Crippen molar-refractivity contribution < 1.29 is 0 Å². The van der Waals surface area contributed by atoms with E-state index in [9.17, 15) is 0 Å². The van der Waals surface area contributed by atoms with Gasteiger partial charge in [-0.2, -0.15) is 11.3 Å². The van der Waals surface area contributed by atoms with Gasteiger partial charge in [-0.05, 0) is 43.7 Å². The van der Waals surface area contributed by atoms with Crippen LogP contribution in [0.15, 0.2) is 29.2 Å². The summed E-state index contributed by atoms with van der Waals surface area (Å²) in [4.78, 5) is 10.2. The first-order valence-corrected chi connectivity index (χ1v) is 9.36. The molecule has 4 heterocycles. The third-order valence-corrected chi connectivity index (χ3v) is 5.22. The average molecular weight is 342 g/mol. The maximum absolute atomic E-state index is 4.43. The van der Waals surface area contributed by atoms with Crippen molar-refractivity contribution >= 4 is 11.3 Å². The number of nitrogens with zero attached hydrogens (tertiary/aromatic N) is 5. The molecule has 0 aliphatic carbocycles. The van der Waals surface area contributed by atoms with Crippen molar-refractivity contribution in [3.63, 3.8) is 0 Å². The van der Waals surface area contributed by atoms with Crippen molar-refractivity contribution in [2.24, 2.45) is 5.92 Å². The Morgan fingerprint density at radius 3 is 3.17 bits per heavy atom. The summed E-state index contributed by atoms with van der Waals surface area (Å²) >= 11 is 1.69. The van der Waals surface area contributed by atoms with Gasteiger partial charge in [0.2, 0.25) is 0 Å². The van der Waals surface area contributed by atoms with Gasteiger partial charge in [0.1, 0.15) is 11.5 Å². The fourth-order valence-electron chi connectivity index (χ4n) is 3.40. The molecule has 6 nitrogen and oxygen atoms in total. The number of thiophene rings is 1. The van der Waals surface area contributed by atoms with Gasteiger partial charge in [-0.25, -0.2) is 4.98 Å². The number of aryl methyl sites for hydroxylation is 1. The lowest BCUT2D eigenvalue weighted by Crippen LogP contribution is -2.36. The van der Waals surface area contributed by atoms with E-state index >= 15 is 0 Å². The topological polar surface area (TPSA) is 62.6 Å². The molecular weight excluding hydrogens is 320 g/mol. The first-order chi connectivity index (χ1) is 11.8. The highest BCUT2D eigenvalue weighted by Gasteiger charge is 2.21. The second-order valence-electron chi connectivity index (χ2n) is 6.59. The van der Waals surface area contributed by atoms with Crippen LogP contribution in [0.4, 0.5) is 0 Å². The number of piperidine rings is 1. The Morgan fingerprint density at radius 1 is 1.42 bits per heavy atom. The number of imidazole rings is 1. The number of H-pyrrole nitrogens is 1. The zero-order valence-corrected chi connectivity index (χ0v) is 14.7.